The van der Waals surface area contributed by atoms with E-state index in [0.717, 1.165) is 6.26 Å². The normalized spacial score (nSPS) is 11.1. The quantitative estimate of drug-likeness (QED) is 0.741. The van der Waals surface area contributed by atoms with Gasteiger partial charge in [0.1, 0.15) is 6.26 Å². The van der Waals surface area contributed by atoms with Crippen molar-refractivity contribution in [1.29, 1.82) is 0 Å². The van der Waals surface area contributed by atoms with E-state index >= 15 is 0 Å². The van der Waals surface area contributed by atoms with Crippen molar-refractivity contribution in [2.75, 3.05) is 6.54 Å². The number of nitrogens with two attached hydrogens (primary N) is 1. The number of hydrogen-bond acceptors (Lipinski definition) is 4. The summed E-state index contributed by atoms with van der Waals surface area (Å²) < 4.78 is 4.56. The molecule has 0 atom stereocenters. The van der Waals surface area contributed by atoms with E-state index in [9.17, 15) is 9.59 Å². The van der Waals surface area contributed by atoms with Crippen LogP contribution >= 0.6 is 0 Å². The van der Waals surface area contributed by atoms with Crippen LogP contribution in [0.2, 0.25) is 0 Å². The van der Waals surface area contributed by atoms with Crippen molar-refractivity contribution in [2.45, 2.75) is 19.4 Å². The van der Waals surface area contributed by atoms with Crippen molar-refractivity contribution in [1.82, 2.24) is 5.32 Å². The molecule has 0 fully saturated rings. The first-order valence-corrected chi connectivity index (χ1v) is 4.54. The minimum absolute atomic E-state index is 0.304. The third-order valence-electron chi connectivity index (χ3n) is 1.67. The van der Waals surface area contributed by atoms with Crippen LogP contribution in [0.1, 0.15) is 24.2 Å². The Bertz CT molecular complexity index is 383. The molecule has 0 saturated heterocycles. The van der Waals surface area contributed by atoms with Gasteiger partial charge in [-0.25, -0.2) is 4.79 Å². The van der Waals surface area contributed by atoms with Crippen molar-refractivity contribution in [3.63, 3.8) is 0 Å². The summed E-state index contributed by atoms with van der Waals surface area (Å²) in [6.45, 7) is 3.96. The topological polar surface area (TPSA) is 85.3 Å². The minimum atomic E-state index is -0.481. The highest BCUT2D eigenvalue weighted by Gasteiger charge is 2.13. The van der Waals surface area contributed by atoms with Crippen LogP contribution in [0.3, 0.4) is 0 Å². The van der Waals surface area contributed by atoms with E-state index in [-0.39, 0.29) is 5.91 Å². The third-order valence-corrected chi connectivity index (χ3v) is 1.67. The summed E-state index contributed by atoms with van der Waals surface area (Å²) in [5.41, 5.74) is 5.05. The maximum atomic E-state index is 11.5. The monoisotopic (exact) mass is 210 g/mol. The number of carbonyl (C=O) groups is 1. The van der Waals surface area contributed by atoms with Crippen LogP contribution in [0.15, 0.2) is 27.6 Å². The van der Waals surface area contributed by atoms with Gasteiger partial charge in [-0.15, -0.1) is 0 Å². The van der Waals surface area contributed by atoms with Crippen molar-refractivity contribution in [3.05, 3.63) is 34.4 Å². The molecular formula is C10H14N2O3. The van der Waals surface area contributed by atoms with Crippen LogP contribution in [0.5, 0.6) is 0 Å². The second-order valence-electron chi connectivity index (χ2n) is 4.01. The first-order chi connectivity index (χ1) is 6.88. The average Bonchev–Trinajstić information content (AvgIpc) is 2.14. The van der Waals surface area contributed by atoms with Gasteiger partial charge in [0.25, 0.3) is 5.91 Å². The molecule has 0 aromatic carbocycles. The predicted octanol–water partition coefficient (Wildman–Crippen LogP) is 0.107. The largest absolute Gasteiger partial charge is 0.430 e. The highest BCUT2D eigenvalue weighted by Crippen LogP contribution is 1.97. The molecule has 0 radical (unpaired) electrons. The Morgan fingerprint density at radius 1 is 1.53 bits per heavy atom. The fourth-order valence-corrected chi connectivity index (χ4v) is 0.897. The Kier molecular flexibility index (Phi) is 3.26. The van der Waals surface area contributed by atoms with E-state index < -0.39 is 11.2 Å². The lowest BCUT2D eigenvalue weighted by Crippen LogP contribution is -2.45. The maximum absolute atomic E-state index is 11.5. The van der Waals surface area contributed by atoms with Gasteiger partial charge in [0, 0.05) is 18.2 Å². The molecule has 5 heteroatoms. The van der Waals surface area contributed by atoms with Gasteiger partial charge in [-0.2, -0.15) is 0 Å². The molecule has 5 nitrogen and oxygen atoms in total. The number of amides is 1. The fourth-order valence-electron chi connectivity index (χ4n) is 0.897. The zero-order valence-corrected chi connectivity index (χ0v) is 8.74. The maximum Gasteiger partial charge on any atom is 0.335 e. The van der Waals surface area contributed by atoms with Gasteiger partial charge in [-0.1, -0.05) is 0 Å². The molecule has 0 saturated carbocycles. The molecule has 0 spiro atoms. The van der Waals surface area contributed by atoms with Gasteiger partial charge < -0.3 is 15.5 Å². The molecular weight excluding hydrogens is 196 g/mol. The smallest absolute Gasteiger partial charge is 0.335 e. The Morgan fingerprint density at radius 2 is 2.20 bits per heavy atom. The molecule has 0 aliphatic rings. The Morgan fingerprint density at radius 3 is 2.67 bits per heavy atom. The van der Waals surface area contributed by atoms with Crippen LogP contribution in [-0.4, -0.2) is 18.0 Å². The van der Waals surface area contributed by atoms with Gasteiger partial charge in [0.05, 0.1) is 5.56 Å². The van der Waals surface area contributed by atoms with Gasteiger partial charge in [0.2, 0.25) is 0 Å². The Hall–Kier alpha value is -1.62. The second kappa shape index (κ2) is 4.27. The summed E-state index contributed by atoms with van der Waals surface area (Å²) in [4.78, 5) is 22.1. The van der Waals surface area contributed by atoms with Crippen molar-refractivity contribution >= 4 is 5.91 Å². The summed E-state index contributed by atoms with van der Waals surface area (Å²) in [7, 11) is 0. The molecule has 15 heavy (non-hydrogen) atoms. The molecule has 1 amide bonds. The lowest BCUT2D eigenvalue weighted by atomic mass is 10.1. The molecule has 0 unspecified atom stereocenters. The summed E-state index contributed by atoms with van der Waals surface area (Å²) in [6, 6.07) is 2.60. The average molecular weight is 210 g/mol. The standard InChI is InChI=1S/C10H14N2O3/c1-10(2,11)6-12-9(14)7-3-4-8(13)15-5-7/h3-5H,6,11H2,1-2H3,(H,12,14). The molecule has 0 aliphatic carbocycles. The summed E-state index contributed by atoms with van der Waals surface area (Å²) in [5, 5.41) is 2.63. The first-order valence-electron chi connectivity index (χ1n) is 4.54. The molecule has 0 bridgehead atoms. The van der Waals surface area contributed by atoms with Crippen LogP contribution in [-0.2, 0) is 0 Å². The van der Waals surface area contributed by atoms with Crippen molar-refractivity contribution < 1.29 is 9.21 Å². The number of carbonyl (C=O) groups excluding carboxylic acids is 1. The van der Waals surface area contributed by atoms with Gasteiger partial charge >= 0.3 is 5.63 Å². The zero-order valence-electron chi connectivity index (χ0n) is 8.74. The minimum Gasteiger partial charge on any atom is -0.430 e. The predicted molar refractivity (Wildman–Crippen MR) is 55.6 cm³/mol. The van der Waals surface area contributed by atoms with Gasteiger partial charge in [0.15, 0.2) is 0 Å². The number of nitrogens with one attached hydrogen (secondary N) is 1. The Labute approximate surface area is 87.3 Å². The van der Waals surface area contributed by atoms with Crippen LogP contribution in [0.25, 0.3) is 0 Å². The van der Waals surface area contributed by atoms with Gasteiger partial charge in [-0.05, 0) is 19.9 Å². The molecule has 1 aromatic heterocycles. The fraction of sp³-hybridized carbons (Fsp3) is 0.400. The van der Waals surface area contributed by atoms with E-state index in [1.807, 2.05) is 0 Å². The molecule has 1 rings (SSSR count). The third kappa shape index (κ3) is 3.95. The first kappa shape index (κ1) is 11.5. The van der Waals surface area contributed by atoms with E-state index in [1.165, 1.54) is 12.1 Å². The Balaban J connectivity index is 2.62. The second-order valence-corrected chi connectivity index (χ2v) is 4.01. The van der Waals surface area contributed by atoms with Crippen LogP contribution in [0, 0.1) is 0 Å². The molecule has 0 aliphatic heterocycles. The summed E-state index contributed by atoms with van der Waals surface area (Å²) >= 11 is 0. The number of rotatable bonds is 3. The lowest BCUT2D eigenvalue weighted by molar-refractivity contribution is 0.0943. The number of hydrogen-bond donors (Lipinski definition) is 2. The summed E-state index contributed by atoms with van der Waals surface area (Å²) in [6.07, 6.45) is 1.13. The molecule has 1 aromatic rings. The van der Waals surface area contributed by atoms with E-state index in [0.29, 0.717) is 12.1 Å². The lowest BCUT2D eigenvalue weighted by Gasteiger charge is -2.18. The zero-order chi connectivity index (χ0) is 11.5. The van der Waals surface area contributed by atoms with Crippen LogP contribution < -0.4 is 16.7 Å². The van der Waals surface area contributed by atoms with Gasteiger partial charge in [-0.3, -0.25) is 4.79 Å². The molecule has 82 valence electrons. The molecule has 3 N–H and O–H groups in total. The highest BCUT2D eigenvalue weighted by molar-refractivity contribution is 5.93. The van der Waals surface area contributed by atoms with E-state index in [2.05, 4.69) is 9.73 Å². The SMILES string of the molecule is CC(C)(N)CNC(=O)c1ccc(=O)oc1. The van der Waals surface area contributed by atoms with E-state index in [4.69, 9.17) is 5.73 Å². The highest BCUT2D eigenvalue weighted by atomic mass is 16.4. The van der Waals surface area contributed by atoms with Crippen molar-refractivity contribution in [3.8, 4) is 0 Å². The van der Waals surface area contributed by atoms with E-state index in [1.54, 1.807) is 13.8 Å². The van der Waals surface area contributed by atoms with Crippen LogP contribution in [0.4, 0.5) is 0 Å². The molecule has 1 heterocycles. The van der Waals surface area contributed by atoms with Crippen molar-refractivity contribution in [2.24, 2.45) is 5.73 Å². The summed E-state index contributed by atoms with van der Waals surface area (Å²) in [5.74, 6) is -0.308.